The van der Waals surface area contributed by atoms with Crippen molar-refractivity contribution < 1.29 is 23.8 Å². The topological polar surface area (TPSA) is 61.8 Å². The van der Waals surface area contributed by atoms with E-state index in [0.29, 0.717) is 17.7 Å². The molecule has 2 aliphatic rings. The zero-order valence-electron chi connectivity index (χ0n) is 19.1. The summed E-state index contributed by atoms with van der Waals surface area (Å²) in [5.41, 5.74) is 2.98. The molecule has 1 aliphatic heterocycles. The smallest absolute Gasteiger partial charge is 0.341 e. The molecular weight excluding hydrogens is 380 g/mol. The van der Waals surface area contributed by atoms with Crippen LogP contribution < -0.4 is 9.47 Å². The van der Waals surface area contributed by atoms with Gasteiger partial charge in [0.25, 0.3) is 0 Å². The van der Waals surface area contributed by atoms with E-state index < -0.39 is 11.9 Å². The van der Waals surface area contributed by atoms with Gasteiger partial charge in [-0.2, -0.15) is 0 Å². The first-order valence-corrected chi connectivity index (χ1v) is 11.0. The molecule has 0 saturated carbocycles. The minimum absolute atomic E-state index is 0.121. The molecule has 5 heteroatoms. The number of carbonyl (C=O) groups excluding carboxylic acids is 2. The van der Waals surface area contributed by atoms with Crippen molar-refractivity contribution in [3.8, 4) is 11.5 Å². The number of benzene rings is 1. The van der Waals surface area contributed by atoms with Crippen molar-refractivity contribution in [2.24, 2.45) is 5.92 Å². The molecule has 1 aliphatic carbocycles. The van der Waals surface area contributed by atoms with Crippen LogP contribution in [0.5, 0.6) is 11.5 Å². The highest BCUT2D eigenvalue weighted by Gasteiger charge is 2.47. The summed E-state index contributed by atoms with van der Waals surface area (Å²) in [5.74, 6) is 0.503. The Morgan fingerprint density at radius 3 is 2.63 bits per heavy atom. The Bertz CT molecular complexity index is 865. The Hall–Kier alpha value is -2.30. The number of fused-ring (bicyclic) bond motifs is 3. The molecule has 0 N–H and O–H groups in total. The van der Waals surface area contributed by atoms with Crippen LogP contribution in [0.25, 0.3) is 0 Å². The molecule has 0 bridgehead atoms. The van der Waals surface area contributed by atoms with Crippen LogP contribution in [0.15, 0.2) is 17.7 Å². The highest BCUT2D eigenvalue weighted by atomic mass is 16.5. The van der Waals surface area contributed by atoms with Gasteiger partial charge in [0.15, 0.2) is 5.75 Å². The van der Waals surface area contributed by atoms with Crippen molar-refractivity contribution in [2.75, 3.05) is 7.11 Å². The average Bonchev–Trinajstić information content (AvgIpc) is 2.66. The third-order valence-corrected chi connectivity index (χ3v) is 6.43. The summed E-state index contributed by atoms with van der Waals surface area (Å²) in [7, 11) is 1.37. The molecule has 0 radical (unpaired) electrons. The van der Waals surface area contributed by atoms with Crippen LogP contribution >= 0.6 is 0 Å². The van der Waals surface area contributed by atoms with Gasteiger partial charge in [-0.15, -0.1) is 0 Å². The quantitative estimate of drug-likeness (QED) is 0.257. The lowest BCUT2D eigenvalue weighted by atomic mass is 9.66. The summed E-state index contributed by atoms with van der Waals surface area (Å²) in [5, 5.41) is 0. The summed E-state index contributed by atoms with van der Waals surface area (Å²) in [6.07, 6.45) is 7.80. The molecule has 0 saturated heterocycles. The third kappa shape index (κ3) is 4.26. The number of aryl methyl sites for hydroxylation is 1. The van der Waals surface area contributed by atoms with Crippen LogP contribution in [-0.2, 0) is 16.0 Å². The van der Waals surface area contributed by atoms with Gasteiger partial charge < -0.3 is 14.2 Å². The first-order valence-electron chi connectivity index (χ1n) is 11.0. The lowest BCUT2D eigenvalue weighted by molar-refractivity contribution is -0.132. The molecule has 0 spiro atoms. The lowest BCUT2D eigenvalue weighted by Gasteiger charge is -2.47. The van der Waals surface area contributed by atoms with E-state index in [1.165, 1.54) is 19.6 Å². The lowest BCUT2D eigenvalue weighted by Crippen LogP contribution is -2.45. The molecule has 5 nitrogen and oxygen atoms in total. The van der Waals surface area contributed by atoms with E-state index in [9.17, 15) is 9.59 Å². The van der Waals surface area contributed by atoms with E-state index in [-0.39, 0.29) is 17.4 Å². The number of hydrogen-bond acceptors (Lipinski definition) is 5. The predicted octanol–water partition coefficient (Wildman–Crippen LogP) is 5.74. The van der Waals surface area contributed by atoms with Crippen LogP contribution in [-0.4, -0.2) is 24.6 Å². The standard InChI is InChI=1S/C25H34O5/c1-7-8-9-10-17-14-20-22(23(29-16(3)26)21(17)24(27)28-6)18-13-15(2)11-12-19(18)25(4,5)30-20/h11,14,18-19H,7-10,12-13H2,1-6H3. The van der Waals surface area contributed by atoms with Crippen molar-refractivity contribution in [2.45, 2.75) is 84.7 Å². The van der Waals surface area contributed by atoms with Gasteiger partial charge in [0.2, 0.25) is 0 Å². The van der Waals surface area contributed by atoms with E-state index >= 15 is 0 Å². The SMILES string of the molecule is CCCCCc1cc2c(c(OC(C)=O)c1C(=O)OC)C1CC(C)=CCC1C(C)(C)O2. The van der Waals surface area contributed by atoms with Crippen molar-refractivity contribution in [3.05, 3.63) is 34.4 Å². The number of methoxy groups -OCH3 is 1. The molecule has 1 heterocycles. The van der Waals surface area contributed by atoms with Crippen LogP contribution in [0.3, 0.4) is 0 Å². The van der Waals surface area contributed by atoms with E-state index in [0.717, 1.165) is 49.0 Å². The summed E-state index contributed by atoms with van der Waals surface area (Å²) < 4.78 is 17.3. The second-order valence-corrected chi connectivity index (χ2v) is 9.10. The van der Waals surface area contributed by atoms with Crippen LogP contribution in [0.4, 0.5) is 0 Å². The summed E-state index contributed by atoms with van der Waals surface area (Å²) >= 11 is 0. The monoisotopic (exact) mass is 414 g/mol. The molecule has 30 heavy (non-hydrogen) atoms. The fourth-order valence-corrected chi connectivity index (χ4v) is 4.97. The average molecular weight is 415 g/mol. The molecule has 2 atom stereocenters. The van der Waals surface area contributed by atoms with Gasteiger partial charge in [-0.25, -0.2) is 4.79 Å². The van der Waals surface area contributed by atoms with Gasteiger partial charge in [0.1, 0.15) is 16.9 Å². The minimum atomic E-state index is -0.468. The number of rotatable bonds is 6. The second kappa shape index (κ2) is 8.83. The van der Waals surface area contributed by atoms with E-state index in [1.807, 2.05) is 6.07 Å². The minimum Gasteiger partial charge on any atom is -0.487 e. The Morgan fingerprint density at radius 2 is 2.00 bits per heavy atom. The maximum Gasteiger partial charge on any atom is 0.341 e. The zero-order valence-corrected chi connectivity index (χ0v) is 19.1. The van der Waals surface area contributed by atoms with Gasteiger partial charge in [-0.05, 0) is 58.1 Å². The number of carbonyl (C=O) groups is 2. The molecular formula is C25H34O5. The van der Waals surface area contributed by atoms with Crippen LogP contribution in [0, 0.1) is 5.92 Å². The second-order valence-electron chi connectivity index (χ2n) is 9.10. The van der Waals surface area contributed by atoms with Gasteiger partial charge in [0, 0.05) is 24.3 Å². The van der Waals surface area contributed by atoms with E-state index in [4.69, 9.17) is 14.2 Å². The molecule has 3 rings (SSSR count). The fraction of sp³-hybridized carbons (Fsp3) is 0.600. The predicted molar refractivity (Wildman–Crippen MR) is 116 cm³/mol. The largest absolute Gasteiger partial charge is 0.487 e. The molecule has 1 aromatic carbocycles. The number of ether oxygens (including phenoxy) is 3. The highest BCUT2D eigenvalue weighted by molar-refractivity contribution is 5.96. The maximum absolute atomic E-state index is 12.8. The zero-order chi connectivity index (χ0) is 22.1. The molecule has 1 aromatic rings. The van der Waals surface area contributed by atoms with Gasteiger partial charge in [-0.3, -0.25) is 4.79 Å². The highest BCUT2D eigenvalue weighted by Crippen LogP contribution is 2.55. The summed E-state index contributed by atoms with van der Waals surface area (Å²) in [6.45, 7) is 9.89. The van der Waals surface area contributed by atoms with Gasteiger partial charge >= 0.3 is 11.9 Å². The van der Waals surface area contributed by atoms with Crippen LogP contribution in [0.1, 0.15) is 94.1 Å². The van der Waals surface area contributed by atoms with Crippen molar-refractivity contribution in [1.82, 2.24) is 0 Å². The number of esters is 2. The Labute approximate surface area is 179 Å². The summed E-state index contributed by atoms with van der Waals surface area (Å²) in [4.78, 5) is 24.9. The molecule has 0 amide bonds. The van der Waals surface area contributed by atoms with Crippen molar-refractivity contribution >= 4 is 11.9 Å². The molecule has 0 fully saturated rings. The molecule has 0 aromatic heterocycles. The first-order chi connectivity index (χ1) is 14.2. The van der Waals surface area contributed by atoms with Crippen molar-refractivity contribution in [3.63, 3.8) is 0 Å². The first kappa shape index (κ1) is 22.4. The summed E-state index contributed by atoms with van der Waals surface area (Å²) in [6, 6.07) is 1.98. The number of hydrogen-bond donors (Lipinski definition) is 0. The Morgan fingerprint density at radius 1 is 1.27 bits per heavy atom. The van der Waals surface area contributed by atoms with E-state index in [1.54, 1.807) is 0 Å². The molecule has 2 unspecified atom stereocenters. The normalized spacial score (nSPS) is 21.6. The fourth-order valence-electron chi connectivity index (χ4n) is 4.97. The van der Waals surface area contributed by atoms with Gasteiger partial charge in [0.05, 0.1) is 7.11 Å². The third-order valence-electron chi connectivity index (χ3n) is 6.43. The number of allylic oxidation sites excluding steroid dienone is 2. The maximum atomic E-state index is 12.8. The molecule has 164 valence electrons. The number of unbranched alkanes of at least 4 members (excludes halogenated alkanes) is 2. The Balaban J connectivity index is 2.25. The van der Waals surface area contributed by atoms with E-state index in [2.05, 4.69) is 33.8 Å². The van der Waals surface area contributed by atoms with Gasteiger partial charge in [-0.1, -0.05) is 31.4 Å². The Kier molecular flexibility index (Phi) is 6.59. The van der Waals surface area contributed by atoms with Crippen LogP contribution in [0.2, 0.25) is 0 Å². The van der Waals surface area contributed by atoms with Crippen molar-refractivity contribution in [1.29, 1.82) is 0 Å².